The van der Waals surface area contributed by atoms with Gasteiger partial charge in [0.15, 0.2) is 0 Å². The number of hydrogen-bond donors (Lipinski definition) is 1. The first kappa shape index (κ1) is 8.57. The van der Waals surface area contributed by atoms with Crippen molar-refractivity contribution in [2.24, 2.45) is 0 Å². The van der Waals surface area contributed by atoms with Gasteiger partial charge in [0.2, 0.25) is 0 Å². The highest BCUT2D eigenvalue weighted by molar-refractivity contribution is 5.39. The van der Waals surface area contributed by atoms with Crippen molar-refractivity contribution < 1.29 is 9.84 Å². The number of aliphatic hydroxyl groups is 1. The van der Waals surface area contributed by atoms with Gasteiger partial charge in [-0.05, 0) is 26.0 Å². The fourth-order valence-electron chi connectivity index (χ4n) is 1.74. The van der Waals surface area contributed by atoms with E-state index < -0.39 is 0 Å². The minimum atomic E-state index is -0.362. The van der Waals surface area contributed by atoms with Gasteiger partial charge >= 0.3 is 0 Å². The summed E-state index contributed by atoms with van der Waals surface area (Å²) < 4.78 is 5.60. The second-order valence-electron chi connectivity index (χ2n) is 3.72. The Morgan fingerprint density at radius 3 is 3.00 bits per heavy atom. The maximum absolute atomic E-state index is 9.78. The monoisotopic (exact) mass is 178 g/mol. The first-order valence-electron chi connectivity index (χ1n) is 4.62. The molecule has 2 nitrogen and oxygen atoms in total. The molecule has 0 fully saturated rings. The third kappa shape index (κ3) is 1.54. The fraction of sp³-hybridized carbons (Fsp3) is 0.455. The molecule has 1 aromatic carbocycles. The lowest BCUT2D eigenvalue weighted by Gasteiger charge is -2.27. The van der Waals surface area contributed by atoms with Gasteiger partial charge in [0.1, 0.15) is 5.75 Å². The van der Waals surface area contributed by atoms with Crippen LogP contribution in [0.25, 0.3) is 0 Å². The molecule has 70 valence electrons. The third-order valence-electron chi connectivity index (χ3n) is 2.41. The van der Waals surface area contributed by atoms with E-state index in [1.807, 2.05) is 32.0 Å². The minimum Gasteiger partial charge on any atom is -0.490 e. The number of aliphatic hydroxyl groups excluding tert-OH is 1. The van der Waals surface area contributed by atoms with Crippen LogP contribution >= 0.6 is 0 Å². The molecule has 0 amide bonds. The van der Waals surface area contributed by atoms with Gasteiger partial charge in [-0.1, -0.05) is 11.6 Å². The van der Waals surface area contributed by atoms with Gasteiger partial charge in [-0.2, -0.15) is 0 Å². The predicted molar refractivity (Wildman–Crippen MR) is 50.8 cm³/mol. The van der Waals surface area contributed by atoms with E-state index in [-0.39, 0.29) is 12.2 Å². The van der Waals surface area contributed by atoms with Crippen LogP contribution in [-0.4, -0.2) is 11.2 Å². The van der Waals surface area contributed by atoms with Crippen LogP contribution in [0.15, 0.2) is 18.2 Å². The highest BCUT2D eigenvalue weighted by Crippen LogP contribution is 2.34. The van der Waals surface area contributed by atoms with Crippen molar-refractivity contribution in [3.63, 3.8) is 0 Å². The Labute approximate surface area is 78.2 Å². The molecule has 2 heteroatoms. The molecule has 0 saturated heterocycles. The van der Waals surface area contributed by atoms with Crippen molar-refractivity contribution >= 4 is 0 Å². The second kappa shape index (κ2) is 3.04. The standard InChI is InChI=1S/C11H14O2/c1-7-3-4-11-9(5-7)10(12)6-8(2)13-11/h3-5,8,10,12H,6H2,1-2H3/t8-,10-/m0/s1. The van der Waals surface area contributed by atoms with Crippen LogP contribution < -0.4 is 4.74 Å². The first-order valence-corrected chi connectivity index (χ1v) is 4.62. The summed E-state index contributed by atoms with van der Waals surface area (Å²) in [4.78, 5) is 0. The second-order valence-corrected chi connectivity index (χ2v) is 3.72. The molecule has 2 rings (SSSR count). The van der Waals surface area contributed by atoms with E-state index in [4.69, 9.17) is 4.74 Å². The quantitative estimate of drug-likeness (QED) is 0.660. The zero-order chi connectivity index (χ0) is 9.42. The molecule has 1 heterocycles. The molecule has 13 heavy (non-hydrogen) atoms. The summed E-state index contributed by atoms with van der Waals surface area (Å²) in [6, 6.07) is 5.93. The Bertz CT molecular complexity index is 320. The first-order chi connectivity index (χ1) is 6.16. The molecule has 1 aromatic rings. The van der Waals surface area contributed by atoms with E-state index in [2.05, 4.69) is 0 Å². The van der Waals surface area contributed by atoms with Gasteiger partial charge in [0, 0.05) is 12.0 Å². The molecule has 0 unspecified atom stereocenters. The Morgan fingerprint density at radius 2 is 2.23 bits per heavy atom. The zero-order valence-corrected chi connectivity index (χ0v) is 7.95. The van der Waals surface area contributed by atoms with E-state index in [0.717, 1.165) is 16.9 Å². The van der Waals surface area contributed by atoms with Gasteiger partial charge in [-0.25, -0.2) is 0 Å². The number of benzene rings is 1. The molecular formula is C11H14O2. The average molecular weight is 178 g/mol. The molecule has 0 aromatic heterocycles. The molecule has 0 radical (unpaired) electrons. The number of rotatable bonds is 0. The molecule has 0 saturated carbocycles. The van der Waals surface area contributed by atoms with Crippen molar-refractivity contribution in [2.75, 3.05) is 0 Å². The van der Waals surface area contributed by atoms with E-state index in [9.17, 15) is 5.11 Å². The van der Waals surface area contributed by atoms with Gasteiger partial charge in [-0.15, -0.1) is 0 Å². The summed E-state index contributed by atoms with van der Waals surface area (Å²) in [5, 5.41) is 9.78. The number of fused-ring (bicyclic) bond motifs is 1. The molecule has 1 N–H and O–H groups in total. The molecule has 0 aliphatic carbocycles. The maximum Gasteiger partial charge on any atom is 0.125 e. The number of ether oxygens (including phenoxy) is 1. The lowest BCUT2D eigenvalue weighted by molar-refractivity contribution is 0.0749. The Morgan fingerprint density at radius 1 is 1.46 bits per heavy atom. The smallest absolute Gasteiger partial charge is 0.125 e. The van der Waals surface area contributed by atoms with Crippen molar-refractivity contribution in [3.05, 3.63) is 29.3 Å². The summed E-state index contributed by atoms with van der Waals surface area (Å²) in [5.41, 5.74) is 2.09. The minimum absolute atomic E-state index is 0.116. The molecule has 0 spiro atoms. The summed E-state index contributed by atoms with van der Waals surface area (Å²) in [7, 11) is 0. The molecule has 2 atom stereocenters. The topological polar surface area (TPSA) is 29.5 Å². The van der Waals surface area contributed by atoms with Crippen LogP contribution in [0, 0.1) is 6.92 Å². The summed E-state index contributed by atoms with van der Waals surface area (Å²) in [6.45, 7) is 4.00. The van der Waals surface area contributed by atoms with Gasteiger partial charge < -0.3 is 9.84 Å². The summed E-state index contributed by atoms with van der Waals surface area (Å²) in [5.74, 6) is 0.830. The van der Waals surface area contributed by atoms with Crippen LogP contribution in [0.1, 0.15) is 30.6 Å². The van der Waals surface area contributed by atoms with Crippen LogP contribution in [0.3, 0.4) is 0 Å². The van der Waals surface area contributed by atoms with E-state index in [1.54, 1.807) is 0 Å². The fourth-order valence-corrected chi connectivity index (χ4v) is 1.74. The Balaban J connectivity index is 2.43. The van der Waals surface area contributed by atoms with Crippen LogP contribution in [0.2, 0.25) is 0 Å². The number of aryl methyl sites for hydroxylation is 1. The largest absolute Gasteiger partial charge is 0.490 e. The van der Waals surface area contributed by atoms with Crippen LogP contribution in [0.4, 0.5) is 0 Å². The van der Waals surface area contributed by atoms with Gasteiger partial charge in [0.25, 0.3) is 0 Å². The predicted octanol–water partition coefficient (Wildman–Crippen LogP) is 2.20. The molecule has 1 aliphatic heterocycles. The van der Waals surface area contributed by atoms with Crippen LogP contribution in [0.5, 0.6) is 5.75 Å². The van der Waals surface area contributed by atoms with Crippen molar-refractivity contribution in [3.8, 4) is 5.75 Å². The van der Waals surface area contributed by atoms with Crippen molar-refractivity contribution in [1.82, 2.24) is 0 Å². The molecular weight excluding hydrogens is 164 g/mol. The molecule has 1 aliphatic rings. The lowest BCUT2D eigenvalue weighted by Crippen LogP contribution is -2.22. The average Bonchev–Trinajstić information content (AvgIpc) is 2.06. The third-order valence-corrected chi connectivity index (χ3v) is 2.41. The molecule has 0 bridgehead atoms. The Hall–Kier alpha value is -1.02. The van der Waals surface area contributed by atoms with E-state index in [1.165, 1.54) is 0 Å². The zero-order valence-electron chi connectivity index (χ0n) is 7.95. The highest BCUT2D eigenvalue weighted by atomic mass is 16.5. The lowest BCUT2D eigenvalue weighted by atomic mass is 9.98. The van der Waals surface area contributed by atoms with Crippen LogP contribution in [-0.2, 0) is 0 Å². The highest BCUT2D eigenvalue weighted by Gasteiger charge is 2.23. The summed E-state index contributed by atoms with van der Waals surface area (Å²) >= 11 is 0. The summed E-state index contributed by atoms with van der Waals surface area (Å²) in [6.07, 6.45) is 0.444. The van der Waals surface area contributed by atoms with Crippen molar-refractivity contribution in [1.29, 1.82) is 0 Å². The number of hydrogen-bond acceptors (Lipinski definition) is 2. The van der Waals surface area contributed by atoms with Gasteiger partial charge in [0.05, 0.1) is 12.2 Å². The van der Waals surface area contributed by atoms with Gasteiger partial charge in [-0.3, -0.25) is 0 Å². The normalized spacial score (nSPS) is 26.4. The van der Waals surface area contributed by atoms with E-state index >= 15 is 0 Å². The van der Waals surface area contributed by atoms with E-state index in [0.29, 0.717) is 6.42 Å². The Kier molecular flexibility index (Phi) is 2.00. The van der Waals surface area contributed by atoms with Crippen molar-refractivity contribution in [2.45, 2.75) is 32.5 Å². The SMILES string of the molecule is Cc1ccc2c(c1)[C@@H](O)C[C@H](C)O2. The maximum atomic E-state index is 9.78.